The Morgan fingerprint density at radius 1 is 0.711 bits per heavy atom. The Bertz CT molecular complexity index is 1990. The molecule has 0 spiro atoms. The number of aryl methyl sites for hydroxylation is 2. The third kappa shape index (κ3) is 3.03. The maximum atomic E-state index is 2.60. The van der Waals surface area contributed by atoms with Gasteiger partial charge in [0.25, 0.3) is 0 Å². The van der Waals surface area contributed by atoms with E-state index in [1.54, 1.807) is 5.19 Å². The number of aromatic nitrogens is 2. The maximum absolute atomic E-state index is 2.60. The summed E-state index contributed by atoms with van der Waals surface area (Å²) in [4.78, 5) is 0. The van der Waals surface area contributed by atoms with E-state index in [1.807, 2.05) is 0 Å². The highest BCUT2D eigenvalue weighted by Gasteiger charge is 2.32. The Hall–Kier alpha value is -3.69. The van der Waals surface area contributed by atoms with E-state index in [9.17, 15) is 0 Å². The fourth-order valence-electron chi connectivity index (χ4n) is 7.20. The molecule has 0 aliphatic carbocycles. The van der Waals surface area contributed by atoms with E-state index in [2.05, 4.69) is 129 Å². The molecule has 188 valence electrons. The first-order valence-corrected chi connectivity index (χ1v) is 16.7. The highest BCUT2D eigenvalue weighted by molar-refractivity contribution is 6.92. The van der Waals surface area contributed by atoms with Crippen molar-refractivity contribution in [3.05, 3.63) is 90.6 Å². The van der Waals surface area contributed by atoms with Gasteiger partial charge in [0.1, 0.15) is 7.05 Å². The summed E-state index contributed by atoms with van der Waals surface area (Å²) in [6.45, 7) is 9.52. The summed E-state index contributed by atoms with van der Waals surface area (Å²) < 4.78 is 4.94. The average Bonchev–Trinajstić information content (AvgIpc) is 3.29. The number of hydrogen-bond donors (Lipinski definition) is 0. The van der Waals surface area contributed by atoms with Crippen molar-refractivity contribution in [3.63, 3.8) is 0 Å². The molecule has 4 aromatic carbocycles. The molecule has 3 heteroatoms. The second-order valence-corrected chi connectivity index (χ2v) is 16.4. The Kier molecular flexibility index (Phi) is 5.18. The van der Waals surface area contributed by atoms with E-state index in [0.717, 1.165) is 0 Å². The molecule has 38 heavy (non-hydrogen) atoms. The number of hydrogen-bond acceptors (Lipinski definition) is 0. The first-order chi connectivity index (χ1) is 18.5. The molecule has 0 radical (unpaired) electrons. The molecule has 0 fully saturated rings. The van der Waals surface area contributed by atoms with Crippen molar-refractivity contribution < 1.29 is 4.57 Å². The van der Waals surface area contributed by atoms with Gasteiger partial charge in [-0.05, 0) is 47.2 Å². The zero-order valence-corrected chi connectivity index (χ0v) is 24.1. The fraction of sp³-hybridized carbons (Fsp3) is 0.229. The third-order valence-electron chi connectivity index (χ3n) is 9.58. The van der Waals surface area contributed by atoms with Crippen LogP contribution in [0.4, 0.5) is 0 Å². The van der Waals surface area contributed by atoms with Gasteiger partial charge in [-0.15, -0.1) is 0 Å². The van der Waals surface area contributed by atoms with Gasteiger partial charge in [0, 0.05) is 16.8 Å². The topological polar surface area (TPSA) is 8.29 Å². The first-order valence-electron chi connectivity index (χ1n) is 14.1. The normalized spacial score (nSPS) is 12.7. The van der Waals surface area contributed by atoms with E-state index in [0.29, 0.717) is 0 Å². The molecule has 0 N–H and O–H groups in total. The van der Waals surface area contributed by atoms with Crippen LogP contribution in [-0.4, -0.2) is 12.5 Å². The summed E-state index contributed by atoms with van der Waals surface area (Å²) in [6.07, 6.45) is 2.27. The van der Waals surface area contributed by atoms with Crippen LogP contribution in [0.15, 0.2) is 85.1 Å². The van der Waals surface area contributed by atoms with Gasteiger partial charge in [-0.1, -0.05) is 98.7 Å². The minimum Gasteiger partial charge on any atom is -0.307 e. The second kappa shape index (κ2) is 8.41. The lowest BCUT2D eigenvalue weighted by molar-refractivity contribution is -0.643. The van der Waals surface area contributed by atoms with Gasteiger partial charge < -0.3 is 4.40 Å². The van der Waals surface area contributed by atoms with Gasteiger partial charge in [-0.2, -0.15) is 0 Å². The highest BCUT2D eigenvalue weighted by atomic mass is 28.3. The van der Waals surface area contributed by atoms with Crippen LogP contribution in [0, 0.1) is 6.92 Å². The molecule has 0 bridgehead atoms. The Labute approximate surface area is 225 Å². The largest absolute Gasteiger partial charge is 0.307 e. The summed E-state index contributed by atoms with van der Waals surface area (Å²) in [6, 6.07) is 33.8. The van der Waals surface area contributed by atoms with E-state index < -0.39 is 8.07 Å². The van der Waals surface area contributed by atoms with Crippen molar-refractivity contribution >= 4 is 62.3 Å². The van der Waals surface area contributed by atoms with Crippen molar-refractivity contribution in [2.45, 2.75) is 45.8 Å². The summed E-state index contributed by atoms with van der Waals surface area (Å²) in [5, 5.41) is 8.43. The zero-order valence-electron chi connectivity index (χ0n) is 23.1. The van der Waals surface area contributed by atoms with Gasteiger partial charge in [-0.25, -0.2) is 4.57 Å². The van der Waals surface area contributed by atoms with Crippen LogP contribution in [-0.2, 0) is 7.05 Å². The molecule has 2 nitrogen and oxygen atoms in total. The van der Waals surface area contributed by atoms with Crippen LogP contribution >= 0.6 is 0 Å². The molecule has 3 heterocycles. The van der Waals surface area contributed by atoms with Gasteiger partial charge >= 0.3 is 0 Å². The summed E-state index contributed by atoms with van der Waals surface area (Å²) in [5.74, 6) is 0. The van der Waals surface area contributed by atoms with Gasteiger partial charge in [-0.3, -0.25) is 0 Å². The molecule has 0 aliphatic rings. The van der Waals surface area contributed by atoms with Gasteiger partial charge in [0.15, 0.2) is 6.20 Å². The van der Waals surface area contributed by atoms with E-state index in [4.69, 9.17) is 0 Å². The summed E-state index contributed by atoms with van der Waals surface area (Å²) in [5.41, 5.74) is 9.25. The zero-order chi connectivity index (χ0) is 26.2. The Morgan fingerprint density at radius 3 is 2.21 bits per heavy atom. The molecule has 0 unspecified atom stereocenters. The van der Waals surface area contributed by atoms with Crippen molar-refractivity contribution in [2.24, 2.45) is 7.05 Å². The van der Waals surface area contributed by atoms with Gasteiger partial charge in [0.2, 0.25) is 5.52 Å². The Morgan fingerprint density at radius 2 is 1.47 bits per heavy atom. The molecule has 0 saturated heterocycles. The minimum atomic E-state index is -1.57. The maximum Gasteiger partial charge on any atom is 0.224 e. The predicted octanol–water partition coefficient (Wildman–Crippen LogP) is 8.51. The van der Waals surface area contributed by atoms with E-state index >= 15 is 0 Å². The molecular weight excluding hydrogens is 476 g/mol. The van der Waals surface area contributed by atoms with Crippen LogP contribution < -0.4 is 9.75 Å². The molecule has 0 atom stereocenters. The van der Waals surface area contributed by atoms with Crippen molar-refractivity contribution in [2.75, 3.05) is 0 Å². The smallest absolute Gasteiger partial charge is 0.224 e. The lowest BCUT2D eigenvalue weighted by Crippen LogP contribution is -2.45. The standard InChI is InChI=1S/C35H35N2Si/c1-6-38(7-2,8-3)27-20-26-18-19-36(5)35-32-23(4)14-16-28-29-21-25(24-12-10-9-11-13-24)15-17-30(29)37(34(28)32)31(22-27)33(26)35/h9-22H,6-8H2,1-5H3/q+1. The third-order valence-corrected chi connectivity index (χ3v) is 15.2. The molecule has 0 amide bonds. The van der Waals surface area contributed by atoms with Crippen LogP contribution in [0.25, 0.3) is 60.1 Å². The van der Waals surface area contributed by atoms with Gasteiger partial charge in [0.05, 0.1) is 35.4 Å². The van der Waals surface area contributed by atoms with Crippen molar-refractivity contribution in [1.29, 1.82) is 0 Å². The molecule has 0 aliphatic heterocycles. The summed E-state index contributed by atoms with van der Waals surface area (Å²) in [7, 11) is 0.637. The van der Waals surface area contributed by atoms with Crippen LogP contribution in [0.2, 0.25) is 18.1 Å². The second-order valence-electron chi connectivity index (χ2n) is 11.2. The molecule has 7 rings (SSSR count). The predicted molar refractivity (Wildman–Crippen MR) is 167 cm³/mol. The van der Waals surface area contributed by atoms with E-state index in [1.165, 1.54) is 83.8 Å². The first kappa shape index (κ1) is 23.4. The average molecular weight is 512 g/mol. The van der Waals surface area contributed by atoms with Crippen molar-refractivity contribution in [3.8, 4) is 11.1 Å². The van der Waals surface area contributed by atoms with Crippen LogP contribution in [0.3, 0.4) is 0 Å². The van der Waals surface area contributed by atoms with Crippen LogP contribution in [0.5, 0.6) is 0 Å². The van der Waals surface area contributed by atoms with Crippen molar-refractivity contribution in [1.82, 2.24) is 4.40 Å². The highest BCUT2D eigenvalue weighted by Crippen LogP contribution is 2.41. The van der Waals surface area contributed by atoms with Crippen LogP contribution in [0.1, 0.15) is 26.3 Å². The molecule has 7 aromatic rings. The van der Waals surface area contributed by atoms with E-state index in [-0.39, 0.29) is 0 Å². The summed E-state index contributed by atoms with van der Waals surface area (Å²) >= 11 is 0. The molecule has 3 aromatic heterocycles. The lowest BCUT2D eigenvalue weighted by Gasteiger charge is -2.29. The quantitative estimate of drug-likeness (QED) is 0.0947. The molecular formula is C35H35N2Si+. The number of fused-ring (bicyclic) bond motifs is 5. The minimum absolute atomic E-state index is 1.27. The monoisotopic (exact) mass is 511 g/mol. The number of nitrogens with zero attached hydrogens (tertiary/aromatic N) is 2. The fourth-order valence-corrected chi connectivity index (χ4v) is 10.8. The molecule has 0 saturated carbocycles. The SMILES string of the molecule is CC[Si](CC)(CC)c1cc2cc[n+](C)c3c4c(C)ccc5c6cc(-c7ccccc7)ccc6n(c(c1)c23)c54. The number of pyridine rings is 2. The number of rotatable bonds is 5. The number of benzene rings is 4. The Balaban J connectivity index is 1.73. The lowest BCUT2D eigenvalue weighted by atomic mass is 9.99.